The van der Waals surface area contributed by atoms with Crippen LogP contribution in [0.4, 0.5) is 0 Å². The molecule has 0 fully saturated rings. The number of carbonyl (C=O) groups is 1. The lowest BCUT2D eigenvalue weighted by Gasteiger charge is -2.26. The molecule has 0 amide bonds. The minimum absolute atomic E-state index is 0.151. The van der Waals surface area contributed by atoms with Gasteiger partial charge >= 0.3 is 0 Å². The zero-order valence-electron chi connectivity index (χ0n) is 19.1. The van der Waals surface area contributed by atoms with Gasteiger partial charge in [-0.15, -0.1) is 0 Å². The third kappa shape index (κ3) is 7.18. The standard InChI is InChI=1S/C15H16O2.C11H16O.CH2O/c1-15(2,11-3-7-13(16)8-4-11)12-5-9-14(17)10-6-12;1-4-11(2,3)9-5-7-10(12)8-6-9;1-2/h3-10,16-17H,1-2H3;5-8,12H,4H2,1-3H3;1H2. The Hall–Kier alpha value is -3.27. The van der Waals surface area contributed by atoms with Crippen molar-refractivity contribution in [2.45, 2.75) is 51.9 Å². The molecule has 0 aliphatic rings. The topological polar surface area (TPSA) is 77.8 Å². The summed E-state index contributed by atoms with van der Waals surface area (Å²) in [4.78, 5) is 8.00. The Morgan fingerprint density at radius 2 is 0.839 bits per heavy atom. The summed E-state index contributed by atoms with van der Waals surface area (Å²) >= 11 is 0. The van der Waals surface area contributed by atoms with Crippen molar-refractivity contribution < 1.29 is 20.1 Å². The summed E-state index contributed by atoms with van der Waals surface area (Å²) in [5, 5.41) is 27.7. The molecule has 3 aromatic carbocycles. The molecule has 0 aliphatic carbocycles. The van der Waals surface area contributed by atoms with E-state index in [2.05, 4.69) is 34.6 Å². The number of benzene rings is 3. The average Bonchev–Trinajstić information content (AvgIpc) is 2.76. The van der Waals surface area contributed by atoms with Gasteiger partial charge in [0.25, 0.3) is 0 Å². The second-order valence-electron chi connectivity index (χ2n) is 8.50. The zero-order chi connectivity index (χ0) is 23.7. The van der Waals surface area contributed by atoms with Gasteiger partial charge in [-0.3, -0.25) is 0 Å². The summed E-state index contributed by atoms with van der Waals surface area (Å²) in [6.45, 7) is 12.8. The van der Waals surface area contributed by atoms with Crippen molar-refractivity contribution in [2.24, 2.45) is 0 Å². The summed E-state index contributed by atoms with van der Waals surface area (Å²) in [5.41, 5.74) is 3.60. The molecule has 4 nitrogen and oxygen atoms in total. The summed E-state index contributed by atoms with van der Waals surface area (Å²) in [5.74, 6) is 0.885. The maximum absolute atomic E-state index is 9.30. The van der Waals surface area contributed by atoms with E-state index < -0.39 is 0 Å². The molecule has 0 aliphatic heterocycles. The first-order valence-corrected chi connectivity index (χ1v) is 10.2. The van der Waals surface area contributed by atoms with Crippen LogP contribution in [-0.2, 0) is 15.6 Å². The molecule has 0 unspecified atom stereocenters. The fourth-order valence-corrected chi connectivity index (χ4v) is 3.04. The molecule has 4 heteroatoms. The number of aromatic hydroxyl groups is 3. The second-order valence-corrected chi connectivity index (χ2v) is 8.50. The Kier molecular flexibility index (Phi) is 9.32. The Bertz CT molecular complexity index is 861. The Morgan fingerprint density at radius 1 is 0.581 bits per heavy atom. The van der Waals surface area contributed by atoms with Gasteiger partial charge in [-0.05, 0) is 64.9 Å². The molecule has 0 atom stereocenters. The minimum Gasteiger partial charge on any atom is -0.508 e. The number of carbonyl (C=O) groups excluding carboxylic acids is 1. The predicted octanol–water partition coefficient (Wildman–Crippen LogP) is 6.32. The van der Waals surface area contributed by atoms with Crippen LogP contribution in [0.1, 0.15) is 57.7 Å². The summed E-state index contributed by atoms with van der Waals surface area (Å²) in [6, 6.07) is 21.9. The highest BCUT2D eigenvalue weighted by molar-refractivity contribution is 5.41. The fraction of sp³-hybridized carbons (Fsp3) is 0.296. The maximum atomic E-state index is 9.30. The zero-order valence-corrected chi connectivity index (χ0v) is 19.1. The van der Waals surface area contributed by atoms with Crippen molar-refractivity contribution in [1.82, 2.24) is 0 Å². The van der Waals surface area contributed by atoms with E-state index in [4.69, 9.17) is 9.90 Å². The van der Waals surface area contributed by atoms with E-state index in [0.29, 0.717) is 5.75 Å². The van der Waals surface area contributed by atoms with Crippen molar-refractivity contribution in [3.63, 3.8) is 0 Å². The van der Waals surface area contributed by atoms with E-state index in [9.17, 15) is 10.2 Å². The van der Waals surface area contributed by atoms with Crippen molar-refractivity contribution in [2.75, 3.05) is 0 Å². The maximum Gasteiger partial charge on any atom is 0.115 e. The van der Waals surface area contributed by atoms with Gasteiger partial charge in [-0.1, -0.05) is 71.0 Å². The first-order valence-electron chi connectivity index (χ1n) is 10.2. The number of phenols is 3. The van der Waals surface area contributed by atoms with Crippen molar-refractivity contribution in [3.8, 4) is 17.2 Å². The molecule has 0 saturated heterocycles. The highest BCUT2D eigenvalue weighted by Gasteiger charge is 2.22. The molecule has 31 heavy (non-hydrogen) atoms. The summed E-state index contributed by atoms with van der Waals surface area (Å²) in [6.07, 6.45) is 1.11. The monoisotopic (exact) mass is 422 g/mol. The fourth-order valence-electron chi connectivity index (χ4n) is 3.04. The molecular weight excluding hydrogens is 388 g/mol. The van der Waals surface area contributed by atoms with E-state index in [1.54, 1.807) is 36.4 Å². The smallest absolute Gasteiger partial charge is 0.115 e. The first-order chi connectivity index (χ1) is 14.6. The van der Waals surface area contributed by atoms with Gasteiger partial charge in [0.2, 0.25) is 0 Å². The van der Waals surface area contributed by atoms with E-state index in [1.807, 2.05) is 43.2 Å². The van der Waals surface area contributed by atoms with E-state index in [1.165, 1.54) is 5.56 Å². The Balaban J connectivity index is 0.000000303. The molecule has 0 radical (unpaired) electrons. The molecule has 3 aromatic rings. The third-order valence-electron chi connectivity index (χ3n) is 5.71. The van der Waals surface area contributed by atoms with Crippen LogP contribution in [0.25, 0.3) is 0 Å². The molecule has 0 saturated carbocycles. The second kappa shape index (κ2) is 11.2. The van der Waals surface area contributed by atoms with E-state index in [0.717, 1.165) is 17.5 Å². The Labute approximate surface area is 185 Å². The number of hydrogen-bond acceptors (Lipinski definition) is 4. The third-order valence-corrected chi connectivity index (χ3v) is 5.71. The van der Waals surface area contributed by atoms with Gasteiger partial charge < -0.3 is 20.1 Å². The Morgan fingerprint density at radius 3 is 1.10 bits per heavy atom. The van der Waals surface area contributed by atoms with Gasteiger partial charge in [0.1, 0.15) is 24.0 Å². The van der Waals surface area contributed by atoms with Gasteiger partial charge in [-0.25, -0.2) is 0 Å². The van der Waals surface area contributed by atoms with Crippen LogP contribution in [0.2, 0.25) is 0 Å². The summed E-state index contributed by atoms with van der Waals surface area (Å²) < 4.78 is 0. The lowest BCUT2D eigenvalue weighted by molar-refractivity contribution is -0.0980. The lowest BCUT2D eigenvalue weighted by Crippen LogP contribution is -2.18. The average molecular weight is 423 g/mol. The van der Waals surface area contributed by atoms with Crippen molar-refractivity contribution >= 4 is 6.79 Å². The van der Waals surface area contributed by atoms with E-state index >= 15 is 0 Å². The van der Waals surface area contributed by atoms with Crippen molar-refractivity contribution in [1.29, 1.82) is 0 Å². The van der Waals surface area contributed by atoms with Crippen molar-refractivity contribution in [3.05, 3.63) is 89.5 Å². The number of hydrogen-bond donors (Lipinski definition) is 3. The quantitative estimate of drug-likeness (QED) is 0.460. The molecule has 0 heterocycles. The van der Waals surface area contributed by atoms with E-state index in [-0.39, 0.29) is 22.3 Å². The SMILES string of the molecule is C=O.CC(C)(c1ccc(O)cc1)c1ccc(O)cc1.CCC(C)(C)c1ccc(O)cc1. The van der Waals surface area contributed by atoms with Crippen LogP contribution in [0, 0.1) is 0 Å². The van der Waals surface area contributed by atoms with Crippen LogP contribution in [0.3, 0.4) is 0 Å². The van der Waals surface area contributed by atoms with Crippen LogP contribution >= 0.6 is 0 Å². The highest BCUT2D eigenvalue weighted by atomic mass is 16.3. The van der Waals surface area contributed by atoms with Crippen LogP contribution in [0.15, 0.2) is 72.8 Å². The lowest BCUT2D eigenvalue weighted by atomic mass is 9.78. The minimum atomic E-state index is -0.151. The molecular formula is C27H34O4. The van der Waals surface area contributed by atoms with Crippen LogP contribution < -0.4 is 0 Å². The molecule has 3 rings (SSSR count). The molecule has 3 N–H and O–H groups in total. The molecule has 0 aromatic heterocycles. The molecule has 166 valence electrons. The highest BCUT2D eigenvalue weighted by Crippen LogP contribution is 2.33. The van der Waals surface area contributed by atoms with Gasteiger partial charge in [0, 0.05) is 5.41 Å². The normalized spacial score (nSPS) is 10.9. The predicted molar refractivity (Wildman–Crippen MR) is 127 cm³/mol. The largest absolute Gasteiger partial charge is 0.508 e. The molecule has 0 spiro atoms. The number of rotatable bonds is 4. The summed E-state index contributed by atoms with van der Waals surface area (Å²) in [7, 11) is 0. The van der Waals surface area contributed by atoms with Gasteiger partial charge in [0.05, 0.1) is 0 Å². The van der Waals surface area contributed by atoms with Gasteiger partial charge in [0.15, 0.2) is 0 Å². The van der Waals surface area contributed by atoms with Crippen LogP contribution in [0.5, 0.6) is 17.2 Å². The number of phenolic OH excluding ortho intramolecular Hbond substituents is 3. The molecule has 0 bridgehead atoms. The first kappa shape index (κ1) is 25.8. The van der Waals surface area contributed by atoms with Gasteiger partial charge in [-0.2, -0.15) is 0 Å². The van der Waals surface area contributed by atoms with Crippen LogP contribution in [-0.4, -0.2) is 22.1 Å².